The fraction of sp³-hybridized carbons (Fsp3) is 1.00. The van der Waals surface area contributed by atoms with Crippen molar-refractivity contribution in [2.75, 3.05) is 39.9 Å². The van der Waals surface area contributed by atoms with Gasteiger partial charge in [-0.15, -0.1) is 0 Å². The lowest BCUT2D eigenvalue weighted by atomic mass is 10.0. The Kier molecular flexibility index (Phi) is 7.82. The SMILES string of the molecule is CCNCCCC(C)N(C)CC1CCCOC1. The van der Waals surface area contributed by atoms with Crippen LogP contribution in [-0.4, -0.2) is 50.8 Å². The zero-order valence-corrected chi connectivity index (χ0v) is 11.9. The van der Waals surface area contributed by atoms with Crippen molar-refractivity contribution in [3.05, 3.63) is 0 Å². The third kappa shape index (κ3) is 6.39. The molecule has 0 aromatic rings. The Balaban J connectivity index is 2.10. The topological polar surface area (TPSA) is 24.5 Å². The van der Waals surface area contributed by atoms with Crippen molar-refractivity contribution in [3.63, 3.8) is 0 Å². The molecule has 1 heterocycles. The second-order valence-electron chi connectivity index (χ2n) is 5.37. The Labute approximate surface area is 107 Å². The molecule has 3 nitrogen and oxygen atoms in total. The van der Waals surface area contributed by atoms with Gasteiger partial charge < -0.3 is 15.0 Å². The molecule has 0 radical (unpaired) electrons. The predicted octanol–water partition coefficient (Wildman–Crippen LogP) is 2.12. The Hall–Kier alpha value is -0.120. The van der Waals surface area contributed by atoms with Gasteiger partial charge in [0.05, 0.1) is 6.61 Å². The van der Waals surface area contributed by atoms with Gasteiger partial charge in [0.15, 0.2) is 0 Å². The number of hydrogen-bond donors (Lipinski definition) is 1. The molecule has 102 valence electrons. The number of nitrogens with one attached hydrogen (secondary N) is 1. The zero-order valence-electron chi connectivity index (χ0n) is 11.9. The first-order chi connectivity index (χ1) is 8.24. The summed E-state index contributed by atoms with van der Waals surface area (Å²) in [5.41, 5.74) is 0. The first-order valence-electron chi connectivity index (χ1n) is 7.22. The maximum atomic E-state index is 5.54. The Bertz CT molecular complexity index is 181. The van der Waals surface area contributed by atoms with E-state index < -0.39 is 0 Å². The van der Waals surface area contributed by atoms with Crippen LogP contribution in [0.4, 0.5) is 0 Å². The molecule has 0 aromatic carbocycles. The van der Waals surface area contributed by atoms with Gasteiger partial charge in [0.1, 0.15) is 0 Å². The van der Waals surface area contributed by atoms with Crippen molar-refractivity contribution in [3.8, 4) is 0 Å². The van der Waals surface area contributed by atoms with Gasteiger partial charge in [0, 0.05) is 19.2 Å². The molecule has 1 fully saturated rings. The monoisotopic (exact) mass is 242 g/mol. The minimum absolute atomic E-state index is 0.690. The molecule has 0 aliphatic carbocycles. The minimum atomic E-state index is 0.690. The second kappa shape index (κ2) is 8.90. The van der Waals surface area contributed by atoms with Crippen molar-refractivity contribution in [1.29, 1.82) is 0 Å². The first-order valence-corrected chi connectivity index (χ1v) is 7.22. The standard InChI is InChI=1S/C14H30N2O/c1-4-15-9-5-7-13(2)16(3)11-14-8-6-10-17-12-14/h13-15H,4-12H2,1-3H3. The third-order valence-electron chi connectivity index (χ3n) is 3.78. The van der Waals surface area contributed by atoms with Crippen LogP contribution in [0.3, 0.4) is 0 Å². The van der Waals surface area contributed by atoms with E-state index in [1.165, 1.54) is 32.2 Å². The highest BCUT2D eigenvalue weighted by Crippen LogP contribution is 2.16. The molecule has 1 aliphatic heterocycles. The maximum absolute atomic E-state index is 5.54. The largest absolute Gasteiger partial charge is 0.381 e. The summed E-state index contributed by atoms with van der Waals surface area (Å²) in [6.45, 7) is 9.88. The Morgan fingerprint density at radius 2 is 2.29 bits per heavy atom. The van der Waals surface area contributed by atoms with Gasteiger partial charge in [0.2, 0.25) is 0 Å². The molecule has 1 rings (SSSR count). The van der Waals surface area contributed by atoms with Gasteiger partial charge in [0.25, 0.3) is 0 Å². The van der Waals surface area contributed by atoms with E-state index in [1.54, 1.807) is 0 Å². The second-order valence-corrected chi connectivity index (χ2v) is 5.37. The predicted molar refractivity (Wildman–Crippen MR) is 73.4 cm³/mol. The summed E-state index contributed by atoms with van der Waals surface area (Å²) in [6, 6.07) is 0.690. The minimum Gasteiger partial charge on any atom is -0.381 e. The van der Waals surface area contributed by atoms with Gasteiger partial charge in [-0.25, -0.2) is 0 Å². The molecule has 0 spiro atoms. The van der Waals surface area contributed by atoms with Crippen LogP contribution >= 0.6 is 0 Å². The summed E-state index contributed by atoms with van der Waals surface area (Å²) in [6.07, 6.45) is 5.15. The zero-order chi connectivity index (χ0) is 12.5. The average Bonchev–Trinajstić information content (AvgIpc) is 2.35. The summed E-state index contributed by atoms with van der Waals surface area (Å²) in [4.78, 5) is 2.51. The lowest BCUT2D eigenvalue weighted by Crippen LogP contribution is -2.36. The molecule has 0 aromatic heterocycles. The van der Waals surface area contributed by atoms with Crippen molar-refractivity contribution in [2.45, 2.75) is 45.6 Å². The van der Waals surface area contributed by atoms with E-state index in [-0.39, 0.29) is 0 Å². The molecule has 0 saturated carbocycles. The van der Waals surface area contributed by atoms with Crippen LogP contribution in [0.25, 0.3) is 0 Å². The highest BCUT2D eigenvalue weighted by Gasteiger charge is 2.18. The number of ether oxygens (including phenoxy) is 1. The third-order valence-corrected chi connectivity index (χ3v) is 3.78. The Morgan fingerprint density at radius 1 is 1.47 bits per heavy atom. The maximum Gasteiger partial charge on any atom is 0.0506 e. The van der Waals surface area contributed by atoms with E-state index in [0.717, 1.165) is 32.2 Å². The average molecular weight is 242 g/mol. The Morgan fingerprint density at radius 3 is 2.94 bits per heavy atom. The van der Waals surface area contributed by atoms with E-state index in [1.807, 2.05) is 0 Å². The number of rotatable bonds is 8. The highest BCUT2D eigenvalue weighted by atomic mass is 16.5. The van der Waals surface area contributed by atoms with Crippen molar-refractivity contribution < 1.29 is 4.74 Å². The summed E-state index contributed by atoms with van der Waals surface area (Å²) in [5, 5.41) is 3.39. The van der Waals surface area contributed by atoms with Crippen molar-refractivity contribution in [2.24, 2.45) is 5.92 Å². The lowest BCUT2D eigenvalue weighted by Gasteiger charge is -2.31. The van der Waals surface area contributed by atoms with Gasteiger partial charge in [-0.2, -0.15) is 0 Å². The van der Waals surface area contributed by atoms with E-state index >= 15 is 0 Å². The molecule has 2 unspecified atom stereocenters. The summed E-state index contributed by atoms with van der Waals surface area (Å²) < 4.78 is 5.54. The number of hydrogen-bond acceptors (Lipinski definition) is 3. The van der Waals surface area contributed by atoms with Gasteiger partial charge >= 0.3 is 0 Å². The van der Waals surface area contributed by atoms with Crippen LogP contribution in [0.5, 0.6) is 0 Å². The summed E-state index contributed by atoms with van der Waals surface area (Å²) in [7, 11) is 2.26. The fourth-order valence-electron chi connectivity index (χ4n) is 2.46. The molecule has 2 atom stereocenters. The molecule has 17 heavy (non-hydrogen) atoms. The molecule has 3 heteroatoms. The molecule has 1 saturated heterocycles. The normalized spacial score (nSPS) is 22.9. The van der Waals surface area contributed by atoms with Gasteiger partial charge in [-0.05, 0) is 58.7 Å². The highest BCUT2D eigenvalue weighted by molar-refractivity contribution is 4.71. The quantitative estimate of drug-likeness (QED) is 0.660. The summed E-state index contributed by atoms with van der Waals surface area (Å²) in [5.74, 6) is 0.755. The molecular weight excluding hydrogens is 212 g/mol. The van der Waals surface area contributed by atoms with Crippen molar-refractivity contribution in [1.82, 2.24) is 10.2 Å². The van der Waals surface area contributed by atoms with Crippen LogP contribution < -0.4 is 5.32 Å². The van der Waals surface area contributed by atoms with E-state index in [9.17, 15) is 0 Å². The molecule has 1 N–H and O–H groups in total. The van der Waals surface area contributed by atoms with Crippen LogP contribution in [0.2, 0.25) is 0 Å². The van der Waals surface area contributed by atoms with Crippen molar-refractivity contribution >= 4 is 0 Å². The molecule has 1 aliphatic rings. The lowest BCUT2D eigenvalue weighted by molar-refractivity contribution is 0.0366. The summed E-state index contributed by atoms with van der Waals surface area (Å²) >= 11 is 0. The van der Waals surface area contributed by atoms with Gasteiger partial charge in [-0.1, -0.05) is 6.92 Å². The van der Waals surface area contributed by atoms with Crippen LogP contribution in [-0.2, 0) is 4.74 Å². The van der Waals surface area contributed by atoms with E-state index in [2.05, 4.69) is 31.1 Å². The first kappa shape index (κ1) is 14.9. The van der Waals surface area contributed by atoms with Crippen LogP contribution in [0, 0.1) is 5.92 Å². The van der Waals surface area contributed by atoms with Crippen LogP contribution in [0.15, 0.2) is 0 Å². The van der Waals surface area contributed by atoms with Crippen LogP contribution in [0.1, 0.15) is 39.5 Å². The van der Waals surface area contributed by atoms with E-state index in [4.69, 9.17) is 4.74 Å². The molecule has 0 bridgehead atoms. The van der Waals surface area contributed by atoms with Gasteiger partial charge in [-0.3, -0.25) is 0 Å². The molecule has 0 amide bonds. The fourth-order valence-corrected chi connectivity index (χ4v) is 2.46. The van der Waals surface area contributed by atoms with E-state index in [0.29, 0.717) is 6.04 Å². The smallest absolute Gasteiger partial charge is 0.0506 e. The number of nitrogens with zero attached hydrogens (tertiary/aromatic N) is 1. The molecular formula is C14H30N2O.